The number of rotatable bonds is 4. The Balaban J connectivity index is 1.76. The van der Waals surface area contributed by atoms with Gasteiger partial charge in [0.05, 0.1) is 0 Å². The van der Waals surface area contributed by atoms with E-state index in [-0.39, 0.29) is 5.91 Å². The molecular formula is C12H20N4O. The lowest BCUT2D eigenvalue weighted by Gasteiger charge is -2.08. The minimum absolute atomic E-state index is 0.0526. The summed E-state index contributed by atoms with van der Waals surface area (Å²) >= 11 is 0. The Labute approximate surface area is 102 Å². The minimum Gasteiger partial charge on any atom is -0.314 e. The molecule has 0 radical (unpaired) electrons. The van der Waals surface area contributed by atoms with Gasteiger partial charge in [0.1, 0.15) is 0 Å². The zero-order valence-electron chi connectivity index (χ0n) is 10.5. The maximum absolute atomic E-state index is 11.7. The molecule has 1 saturated heterocycles. The molecule has 5 nitrogen and oxygen atoms in total. The molecule has 1 fully saturated rings. The number of aryl methyl sites for hydroxylation is 2. The highest BCUT2D eigenvalue weighted by Gasteiger charge is 2.15. The Hall–Kier alpha value is -1.36. The summed E-state index contributed by atoms with van der Waals surface area (Å²) in [5.74, 6) is 0.700. The van der Waals surface area contributed by atoms with Crippen LogP contribution in [0.5, 0.6) is 0 Å². The molecule has 1 unspecified atom stereocenters. The first-order valence-corrected chi connectivity index (χ1v) is 6.19. The van der Waals surface area contributed by atoms with E-state index in [9.17, 15) is 4.79 Å². The number of anilines is 1. The van der Waals surface area contributed by atoms with Gasteiger partial charge in [-0.25, -0.2) is 0 Å². The third-order valence-corrected chi connectivity index (χ3v) is 3.26. The van der Waals surface area contributed by atoms with Gasteiger partial charge in [-0.3, -0.25) is 9.48 Å². The second-order valence-electron chi connectivity index (χ2n) is 4.67. The van der Waals surface area contributed by atoms with Crippen molar-refractivity contribution < 1.29 is 4.79 Å². The Kier molecular flexibility index (Phi) is 3.78. The topological polar surface area (TPSA) is 59.0 Å². The van der Waals surface area contributed by atoms with Crippen LogP contribution in [-0.2, 0) is 11.8 Å². The second kappa shape index (κ2) is 5.31. The predicted octanol–water partition coefficient (Wildman–Crippen LogP) is 1.20. The number of carbonyl (C=O) groups excluding carboxylic acids is 1. The fourth-order valence-electron chi connectivity index (χ4n) is 2.14. The predicted molar refractivity (Wildman–Crippen MR) is 66.8 cm³/mol. The zero-order chi connectivity index (χ0) is 12.3. The molecule has 1 amide bonds. The average molecular weight is 236 g/mol. The van der Waals surface area contributed by atoms with E-state index in [0.717, 1.165) is 18.7 Å². The molecule has 1 atom stereocenters. The molecule has 1 aliphatic heterocycles. The Morgan fingerprint density at radius 1 is 1.71 bits per heavy atom. The third kappa shape index (κ3) is 3.30. The van der Waals surface area contributed by atoms with Gasteiger partial charge in [-0.05, 0) is 32.7 Å². The van der Waals surface area contributed by atoms with Crippen molar-refractivity contribution in [2.24, 2.45) is 7.05 Å². The quantitative estimate of drug-likeness (QED) is 0.826. The van der Waals surface area contributed by atoms with Gasteiger partial charge in [-0.15, -0.1) is 0 Å². The molecule has 0 saturated carbocycles. The smallest absolute Gasteiger partial charge is 0.225 e. The van der Waals surface area contributed by atoms with Crippen LogP contribution >= 0.6 is 0 Å². The fraction of sp³-hybridized carbons (Fsp3) is 0.667. The van der Waals surface area contributed by atoms with Crippen molar-refractivity contribution in [3.8, 4) is 0 Å². The molecule has 0 bridgehead atoms. The van der Waals surface area contributed by atoms with E-state index in [1.165, 1.54) is 12.8 Å². The summed E-state index contributed by atoms with van der Waals surface area (Å²) in [5.41, 5.74) is 1.04. The molecule has 17 heavy (non-hydrogen) atoms. The van der Waals surface area contributed by atoms with E-state index < -0.39 is 0 Å². The van der Waals surface area contributed by atoms with Crippen molar-refractivity contribution in [3.05, 3.63) is 11.8 Å². The maximum Gasteiger partial charge on any atom is 0.225 e. The van der Waals surface area contributed by atoms with Crippen LogP contribution in [0.2, 0.25) is 0 Å². The van der Waals surface area contributed by atoms with Gasteiger partial charge in [0, 0.05) is 31.3 Å². The second-order valence-corrected chi connectivity index (χ2v) is 4.67. The number of amides is 1. The fourth-order valence-corrected chi connectivity index (χ4v) is 2.14. The van der Waals surface area contributed by atoms with Crippen LogP contribution in [0.3, 0.4) is 0 Å². The zero-order valence-corrected chi connectivity index (χ0v) is 10.5. The summed E-state index contributed by atoms with van der Waals surface area (Å²) in [4.78, 5) is 11.7. The van der Waals surface area contributed by atoms with Crippen LogP contribution in [-0.4, -0.2) is 28.3 Å². The molecule has 2 N–H and O–H groups in total. The average Bonchev–Trinajstić information content (AvgIpc) is 2.87. The molecular weight excluding hydrogens is 216 g/mol. The molecule has 0 aromatic carbocycles. The first-order valence-electron chi connectivity index (χ1n) is 6.19. The van der Waals surface area contributed by atoms with Crippen molar-refractivity contribution in [2.75, 3.05) is 11.9 Å². The SMILES string of the molecule is Cc1cc(NC(=O)CCC2CCCN2)nn1C. The largest absolute Gasteiger partial charge is 0.314 e. The lowest BCUT2D eigenvalue weighted by molar-refractivity contribution is -0.116. The van der Waals surface area contributed by atoms with Crippen molar-refractivity contribution in [2.45, 2.75) is 38.6 Å². The normalized spacial score (nSPS) is 19.5. The van der Waals surface area contributed by atoms with Gasteiger partial charge in [-0.2, -0.15) is 5.10 Å². The van der Waals surface area contributed by atoms with Crippen LogP contribution in [0.25, 0.3) is 0 Å². The summed E-state index contributed by atoms with van der Waals surface area (Å²) < 4.78 is 1.76. The van der Waals surface area contributed by atoms with Gasteiger partial charge in [0.25, 0.3) is 0 Å². The van der Waals surface area contributed by atoms with Crippen molar-refractivity contribution >= 4 is 11.7 Å². The minimum atomic E-state index is 0.0526. The summed E-state index contributed by atoms with van der Waals surface area (Å²) in [7, 11) is 1.87. The number of hydrogen-bond donors (Lipinski definition) is 2. The van der Waals surface area contributed by atoms with E-state index in [2.05, 4.69) is 15.7 Å². The van der Waals surface area contributed by atoms with E-state index in [1.807, 2.05) is 20.0 Å². The number of hydrogen-bond acceptors (Lipinski definition) is 3. The van der Waals surface area contributed by atoms with Gasteiger partial charge >= 0.3 is 0 Å². The molecule has 0 aliphatic carbocycles. The highest BCUT2D eigenvalue weighted by molar-refractivity contribution is 5.89. The summed E-state index contributed by atoms with van der Waals surface area (Å²) in [6.07, 6.45) is 3.90. The van der Waals surface area contributed by atoms with Crippen LogP contribution in [0.1, 0.15) is 31.4 Å². The molecule has 94 valence electrons. The summed E-state index contributed by atoms with van der Waals surface area (Å²) in [6.45, 7) is 3.05. The van der Waals surface area contributed by atoms with Crippen molar-refractivity contribution in [1.82, 2.24) is 15.1 Å². The number of nitrogens with zero attached hydrogens (tertiary/aromatic N) is 2. The van der Waals surface area contributed by atoms with Crippen molar-refractivity contribution in [3.63, 3.8) is 0 Å². The lowest BCUT2D eigenvalue weighted by Crippen LogP contribution is -2.23. The van der Waals surface area contributed by atoms with Gasteiger partial charge in [-0.1, -0.05) is 0 Å². The van der Waals surface area contributed by atoms with Gasteiger partial charge < -0.3 is 10.6 Å². The molecule has 1 aromatic rings. The Morgan fingerprint density at radius 3 is 3.12 bits per heavy atom. The summed E-state index contributed by atoms with van der Waals surface area (Å²) in [6, 6.07) is 2.40. The van der Waals surface area contributed by atoms with Crippen LogP contribution in [0.15, 0.2) is 6.07 Å². The molecule has 0 spiro atoms. The number of aromatic nitrogens is 2. The molecule has 5 heteroatoms. The molecule has 2 rings (SSSR count). The maximum atomic E-state index is 11.7. The van der Waals surface area contributed by atoms with Crippen molar-refractivity contribution in [1.29, 1.82) is 0 Å². The van der Waals surface area contributed by atoms with E-state index in [0.29, 0.717) is 18.3 Å². The number of nitrogens with one attached hydrogen (secondary N) is 2. The lowest BCUT2D eigenvalue weighted by atomic mass is 10.1. The van der Waals surface area contributed by atoms with Crippen LogP contribution in [0, 0.1) is 6.92 Å². The highest BCUT2D eigenvalue weighted by Crippen LogP contribution is 2.12. The standard InChI is InChI=1S/C12H20N4O/c1-9-8-11(15-16(9)2)14-12(17)6-5-10-4-3-7-13-10/h8,10,13H,3-7H2,1-2H3,(H,14,15,17). The summed E-state index contributed by atoms with van der Waals surface area (Å²) in [5, 5.41) is 10.4. The Bertz CT molecular complexity index is 374. The highest BCUT2D eigenvalue weighted by atomic mass is 16.1. The monoisotopic (exact) mass is 236 g/mol. The van der Waals surface area contributed by atoms with E-state index in [1.54, 1.807) is 4.68 Å². The van der Waals surface area contributed by atoms with Crippen LogP contribution in [0.4, 0.5) is 5.82 Å². The molecule has 1 aliphatic rings. The Morgan fingerprint density at radius 2 is 2.53 bits per heavy atom. The number of carbonyl (C=O) groups is 1. The van der Waals surface area contributed by atoms with Gasteiger partial charge in [0.2, 0.25) is 5.91 Å². The third-order valence-electron chi connectivity index (χ3n) is 3.26. The molecule has 2 heterocycles. The van der Waals surface area contributed by atoms with E-state index in [4.69, 9.17) is 0 Å². The van der Waals surface area contributed by atoms with Crippen LogP contribution < -0.4 is 10.6 Å². The van der Waals surface area contributed by atoms with Gasteiger partial charge in [0.15, 0.2) is 5.82 Å². The first-order chi connectivity index (χ1) is 8.15. The first kappa shape index (κ1) is 12.1. The molecule has 1 aromatic heterocycles. The van der Waals surface area contributed by atoms with E-state index >= 15 is 0 Å².